The Morgan fingerprint density at radius 1 is 1.31 bits per heavy atom. The monoisotopic (exact) mass is 266 g/mol. The highest BCUT2D eigenvalue weighted by molar-refractivity contribution is 9.10. The minimum Gasteiger partial charge on any atom is -0.206 e. The van der Waals surface area contributed by atoms with E-state index in [1.54, 1.807) is 6.08 Å². The van der Waals surface area contributed by atoms with Gasteiger partial charge in [-0.1, -0.05) is 12.2 Å². The van der Waals surface area contributed by atoms with Gasteiger partial charge in [0.1, 0.15) is 11.6 Å². The average molecular weight is 268 g/mol. The summed E-state index contributed by atoms with van der Waals surface area (Å²) >= 11 is 8.25. The van der Waals surface area contributed by atoms with E-state index in [9.17, 15) is 8.78 Å². The predicted octanol–water partition coefficient (Wildman–Crippen LogP) is 3.98. The highest BCUT2D eigenvalue weighted by Crippen LogP contribution is 2.20. The zero-order valence-corrected chi connectivity index (χ0v) is 8.87. The fourth-order valence-corrected chi connectivity index (χ4v) is 1.24. The Balaban J connectivity index is 3.08. The number of halogens is 4. The summed E-state index contributed by atoms with van der Waals surface area (Å²) in [5.74, 6) is -0.692. The van der Waals surface area contributed by atoms with Crippen LogP contribution in [0.15, 0.2) is 22.7 Å². The van der Waals surface area contributed by atoms with Gasteiger partial charge in [-0.15, -0.1) is 11.6 Å². The molecule has 0 unspecified atom stereocenters. The summed E-state index contributed by atoms with van der Waals surface area (Å²) in [6.07, 6.45) is 2.99. The van der Waals surface area contributed by atoms with Crippen molar-refractivity contribution < 1.29 is 8.78 Å². The number of allylic oxidation sites excluding steroid dienone is 1. The van der Waals surface area contributed by atoms with Crippen molar-refractivity contribution in [2.45, 2.75) is 0 Å². The van der Waals surface area contributed by atoms with E-state index in [0.717, 1.165) is 12.1 Å². The SMILES string of the molecule is Fc1cc(C=CCCl)c(F)cc1Br. The van der Waals surface area contributed by atoms with Gasteiger partial charge in [-0.25, -0.2) is 8.78 Å². The highest BCUT2D eigenvalue weighted by Gasteiger charge is 2.04. The topological polar surface area (TPSA) is 0 Å². The minimum absolute atomic E-state index is 0.119. The Bertz CT molecular complexity index is 337. The molecule has 0 radical (unpaired) electrons. The molecule has 1 rings (SSSR count). The van der Waals surface area contributed by atoms with E-state index in [2.05, 4.69) is 15.9 Å². The van der Waals surface area contributed by atoms with Crippen LogP contribution in [0.1, 0.15) is 5.56 Å². The van der Waals surface area contributed by atoms with Gasteiger partial charge in [0.15, 0.2) is 0 Å². The molecule has 0 fully saturated rings. The second-order valence-corrected chi connectivity index (χ2v) is 3.51. The fourth-order valence-electron chi connectivity index (χ4n) is 0.837. The van der Waals surface area contributed by atoms with Crippen LogP contribution in [0.25, 0.3) is 6.08 Å². The fraction of sp³-hybridized carbons (Fsp3) is 0.111. The second-order valence-electron chi connectivity index (χ2n) is 2.34. The molecule has 70 valence electrons. The molecule has 0 aliphatic carbocycles. The van der Waals surface area contributed by atoms with Crippen molar-refractivity contribution in [3.63, 3.8) is 0 Å². The lowest BCUT2D eigenvalue weighted by Gasteiger charge is -1.99. The van der Waals surface area contributed by atoms with Crippen molar-refractivity contribution in [3.05, 3.63) is 39.9 Å². The first-order valence-corrected chi connectivity index (χ1v) is 4.85. The van der Waals surface area contributed by atoms with E-state index >= 15 is 0 Å². The average Bonchev–Trinajstić information content (AvgIpc) is 2.09. The third-order valence-corrected chi connectivity index (χ3v) is 2.21. The second kappa shape index (κ2) is 4.72. The predicted molar refractivity (Wildman–Crippen MR) is 53.8 cm³/mol. The van der Waals surface area contributed by atoms with Gasteiger partial charge >= 0.3 is 0 Å². The summed E-state index contributed by atoms with van der Waals surface area (Å²) in [5, 5.41) is 0. The van der Waals surface area contributed by atoms with Crippen LogP contribution in [-0.4, -0.2) is 5.88 Å². The minimum atomic E-state index is -0.490. The first-order chi connectivity index (χ1) is 6.15. The standard InChI is InChI=1S/C9H6BrClF2/c10-7-5-8(12)6(2-1-3-11)4-9(7)13/h1-2,4-5H,3H2. The first kappa shape index (κ1) is 10.7. The van der Waals surface area contributed by atoms with Crippen LogP contribution in [0.3, 0.4) is 0 Å². The molecule has 0 atom stereocenters. The maximum Gasteiger partial charge on any atom is 0.138 e. The molecule has 0 amide bonds. The lowest BCUT2D eigenvalue weighted by Crippen LogP contribution is -1.86. The van der Waals surface area contributed by atoms with Crippen LogP contribution in [0, 0.1) is 11.6 Å². The van der Waals surface area contributed by atoms with Crippen molar-refractivity contribution in [3.8, 4) is 0 Å². The van der Waals surface area contributed by atoms with E-state index in [1.165, 1.54) is 6.08 Å². The Morgan fingerprint density at radius 3 is 2.62 bits per heavy atom. The lowest BCUT2D eigenvalue weighted by atomic mass is 10.2. The van der Waals surface area contributed by atoms with E-state index in [-0.39, 0.29) is 15.9 Å². The highest BCUT2D eigenvalue weighted by atomic mass is 79.9. The van der Waals surface area contributed by atoms with Gasteiger partial charge < -0.3 is 0 Å². The molecule has 0 aromatic heterocycles. The number of hydrogen-bond donors (Lipinski definition) is 0. The van der Waals surface area contributed by atoms with Gasteiger partial charge in [0.2, 0.25) is 0 Å². The molecule has 4 heteroatoms. The smallest absolute Gasteiger partial charge is 0.138 e. The molecule has 0 heterocycles. The largest absolute Gasteiger partial charge is 0.206 e. The molecule has 0 spiro atoms. The normalized spacial score (nSPS) is 11.1. The van der Waals surface area contributed by atoms with Gasteiger partial charge in [0.25, 0.3) is 0 Å². The molecular formula is C9H6BrClF2. The quantitative estimate of drug-likeness (QED) is 0.562. The van der Waals surface area contributed by atoms with Crippen molar-refractivity contribution >= 4 is 33.6 Å². The molecular weight excluding hydrogens is 261 g/mol. The summed E-state index contributed by atoms with van der Waals surface area (Å²) in [6.45, 7) is 0. The molecule has 1 aromatic carbocycles. The number of hydrogen-bond acceptors (Lipinski definition) is 0. The van der Waals surface area contributed by atoms with Crippen LogP contribution in [-0.2, 0) is 0 Å². The molecule has 0 aliphatic heterocycles. The van der Waals surface area contributed by atoms with Crippen LogP contribution >= 0.6 is 27.5 Å². The van der Waals surface area contributed by atoms with Crippen molar-refractivity contribution in [1.82, 2.24) is 0 Å². The van der Waals surface area contributed by atoms with Crippen LogP contribution < -0.4 is 0 Å². The third-order valence-electron chi connectivity index (χ3n) is 1.43. The Hall–Kier alpha value is -0.410. The third kappa shape index (κ3) is 2.78. The molecule has 0 nitrogen and oxygen atoms in total. The van der Waals surface area contributed by atoms with Gasteiger partial charge in [-0.05, 0) is 28.1 Å². The Labute approximate surface area is 88.3 Å². The Morgan fingerprint density at radius 2 is 2.00 bits per heavy atom. The summed E-state index contributed by atoms with van der Waals surface area (Å²) in [5.41, 5.74) is 0.196. The van der Waals surface area contributed by atoms with Crippen molar-refractivity contribution in [1.29, 1.82) is 0 Å². The summed E-state index contributed by atoms with van der Waals surface area (Å²) in [6, 6.07) is 2.20. The number of benzene rings is 1. The van der Waals surface area contributed by atoms with Gasteiger partial charge in [-0.3, -0.25) is 0 Å². The maximum absolute atomic E-state index is 13.1. The number of rotatable bonds is 2. The molecule has 0 bridgehead atoms. The summed E-state index contributed by atoms with van der Waals surface area (Å²) in [7, 11) is 0. The van der Waals surface area contributed by atoms with E-state index in [0.29, 0.717) is 0 Å². The molecule has 13 heavy (non-hydrogen) atoms. The molecule has 1 aromatic rings. The van der Waals surface area contributed by atoms with E-state index < -0.39 is 11.6 Å². The van der Waals surface area contributed by atoms with E-state index in [4.69, 9.17) is 11.6 Å². The maximum atomic E-state index is 13.1. The van der Waals surface area contributed by atoms with Crippen LogP contribution in [0.5, 0.6) is 0 Å². The zero-order valence-electron chi connectivity index (χ0n) is 6.53. The van der Waals surface area contributed by atoms with E-state index in [1.807, 2.05) is 0 Å². The van der Waals surface area contributed by atoms with Gasteiger partial charge in [0, 0.05) is 11.4 Å². The molecule has 0 saturated heterocycles. The summed E-state index contributed by atoms with van der Waals surface area (Å²) < 4.78 is 26.1. The van der Waals surface area contributed by atoms with Crippen LogP contribution in [0.4, 0.5) is 8.78 Å². The van der Waals surface area contributed by atoms with Crippen molar-refractivity contribution in [2.75, 3.05) is 5.88 Å². The van der Waals surface area contributed by atoms with Crippen molar-refractivity contribution in [2.24, 2.45) is 0 Å². The summed E-state index contributed by atoms with van der Waals surface area (Å²) in [4.78, 5) is 0. The van der Waals surface area contributed by atoms with Gasteiger partial charge in [-0.2, -0.15) is 0 Å². The lowest BCUT2D eigenvalue weighted by molar-refractivity contribution is 0.592. The van der Waals surface area contributed by atoms with Gasteiger partial charge in [0.05, 0.1) is 4.47 Å². The molecule has 0 saturated carbocycles. The molecule has 0 N–H and O–H groups in total. The zero-order chi connectivity index (χ0) is 9.84. The first-order valence-electron chi connectivity index (χ1n) is 3.52. The Kier molecular flexibility index (Phi) is 3.88. The van der Waals surface area contributed by atoms with Crippen LogP contribution in [0.2, 0.25) is 0 Å². The number of alkyl halides is 1. The molecule has 0 aliphatic rings.